The molecule has 2 heterocycles. The molecule has 1 atom stereocenters. The summed E-state index contributed by atoms with van der Waals surface area (Å²) >= 11 is 3.33. The number of anilines is 1. The van der Waals surface area contributed by atoms with Crippen molar-refractivity contribution in [3.63, 3.8) is 0 Å². The number of amides is 2. The number of rotatable bonds is 4. The highest BCUT2D eigenvalue weighted by molar-refractivity contribution is 9.10. The molecule has 1 unspecified atom stereocenters. The molecule has 1 N–H and O–H groups in total. The summed E-state index contributed by atoms with van der Waals surface area (Å²) in [6, 6.07) is 19.6. The second kappa shape index (κ2) is 7.32. The standard InChI is InChI=1S/C21H16BrN3O2/c22-16-10-11-18(23-12-16)24-20(26)19(14-6-2-1-3-7-14)25-13-15-8-4-5-9-17(15)21(25)27/h1-12,19H,13H2,(H,23,24,26). The molecule has 0 radical (unpaired) electrons. The van der Waals surface area contributed by atoms with E-state index in [0.717, 1.165) is 15.6 Å². The predicted octanol–water partition coefficient (Wildman–Crippen LogP) is 4.18. The molecule has 4 rings (SSSR count). The fraction of sp³-hybridized carbons (Fsp3) is 0.0952. The van der Waals surface area contributed by atoms with Crippen molar-refractivity contribution >= 4 is 33.6 Å². The second-order valence-electron chi connectivity index (χ2n) is 6.25. The van der Waals surface area contributed by atoms with Gasteiger partial charge >= 0.3 is 0 Å². The number of aromatic nitrogens is 1. The van der Waals surface area contributed by atoms with E-state index in [0.29, 0.717) is 17.9 Å². The van der Waals surface area contributed by atoms with Crippen LogP contribution in [0.25, 0.3) is 0 Å². The Morgan fingerprint density at radius 1 is 1.04 bits per heavy atom. The molecule has 3 aromatic rings. The highest BCUT2D eigenvalue weighted by Gasteiger charge is 2.37. The molecular weight excluding hydrogens is 406 g/mol. The van der Waals surface area contributed by atoms with Crippen molar-refractivity contribution in [3.05, 3.63) is 94.1 Å². The molecule has 27 heavy (non-hydrogen) atoms. The Morgan fingerprint density at radius 2 is 1.78 bits per heavy atom. The lowest BCUT2D eigenvalue weighted by Gasteiger charge is -2.27. The van der Waals surface area contributed by atoms with Gasteiger partial charge in [-0.3, -0.25) is 9.59 Å². The van der Waals surface area contributed by atoms with Gasteiger partial charge in [-0.1, -0.05) is 48.5 Å². The first-order chi connectivity index (χ1) is 13.1. The van der Waals surface area contributed by atoms with Crippen LogP contribution in [-0.4, -0.2) is 21.7 Å². The van der Waals surface area contributed by atoms with Crippen molar-refractivity contribution in [2.45, 2.75) is 12.6 Å². The SMILES string of the molecule is O=C(Nc1ccc(Br)cn1)C(c1ccccc1)N1Cc2ccccc2C1=O. The zero-order valence-corrected chi connectivity index (χ0v) is 15.9. The van der Waals surface area contributed by atoms with Crippen LogP contribution >= 0.6 is 15.9 Å². The average molecular weight is 422 g/mol. The largest absolute Gasteiger partial charge is 0.318 e. The van der Waals surface area contributed by atoms with Gasteiger partial charge in [0, 0.05) is 22.8 Å². The summed E-state index contributed by atoms with van der Waals surface area (Å²) < 4.78 is 0.824. The molecule has 6 heteroatoms. The summed E-state index contributed by atoms with van der Waals surface area (Å²) in [5, 5.41) is 2.83. The Hall–Kier alpha value is -2.99. The van der Waals surface area contributed by atoms with Crippen LogP contribution in [0.2, 0.25) is 0 Å². The Bertz CT molecular complexity index is 990. The van der Waals surface area contributed by atoms with Crippen molar-refractivity contribution in [2.75, 3.05) is 5.32 Å². The molecule has 0 fully saturated rings. The summed E-state index contributed by atoms with van der Waals surface area (Å²) in [4.78, 5) is 31.9. The maximum Gasteiger partial charge on any atom is 0.255 e. The van der Waals surface area contributed by atoms with Gasteiger partial charge in [0.25, 0.3) is 11.8 Å². The smallest absolute Gasteiger partial charge is 0.255 e. The van der Waals surface area contributed by atoms with E-state index in [4.69, 9.17) is 0 Å². The number of carbonyl (C=O) groups excluding carboxylic acids is 2. The number of nitrogens with zero attached hydrogens (tertiary/aromatic N) is 2. The molecule has 5 nitrogen and oxygen atoms in total. The third kappa shape index (κ3) is 3.48. The first-order valence-electron chi connectivity index (χ1n) is 8.50. The predicted molar refractivity (Wildman–Crippen MR) is 106 cm³/mol. The van der Waals surface area contributed by atoms with E-state index < -0.39 is 6.04 Å². The summed E-state index contributed by atoms with van der Waals surface area (Å²) in [7, 11) is 0. The first-order valence-corrected chi connectivity index (χ1v) is 9.29. The van der Waals surface area contributed by atoms with Crippen LogP contribution in [0, 0.1) is 0 Å². The van der Waals surface area contributed by atoms with E-state index in [-0.39, 0.29) is 11.8 Å². The van der Waals surface area contributed by atoms with Gasteiger partial charge in [-0.2, -0.15) is 0 Å². The van der Waals surface area contributed by atoms with Crippen LogP contribution in [0.5, 0.6) is 0 Å². The highest BCUT2D eigenvalue weighted by atomic mass is 79.9. The van der Waals surface area contributed by atoms with Crippen LogP contribution < -0.4 is 5.32 Å². The lowest BCUT2D eigenvalue weighted by atomic mass is 10.0. The molecule has 1 aromatic heterocycles. The molecular formula is C21H16BrN3O2. The minimum Gasteiger partial charge on any atom is -0.318 e. The molecule has 0 spiro atoms. The molecule has 0 bridgehead atoms. The lowest BCUT2D eigenvalue weighted by Crippen LogP contribution is -2.37. The third-order valence-corrected chi connectivity index (χ3v) is 4.97. The van der Waals surface area contributed by atoms with Crippen LogP contribution in [-0.2, 0) is 11.3 Å². The number of hydrogen-bond donors (Lipinski definition) is 1. The van der Waals surface area contributed by atoms with Crippen LogP contribution in [0.3, 0.4) is 0 Å². The fourth-order valence-corrected chi connectivity index (χ4v) is 3.47. The highest BCUT2D eigenvalue weighted by Crippen LogP contribution is 2.32. The average Bonchev–Trinajstić information content (AvgIpc) is 3.01. The number of nitrogens with one attached hydrogen (secondary N) is 1. The quantitative estimate of drug-likeness (QED) is 0.686. The fourth-order valence-electron chi connectivity index (χ4n) is 3.24. The van der Waals surface area contributed by atoms with Crippen molar-refractivity contribution in [1.29, 1.82) is 0 Å². The summed E-state index contributed by atoms with van der Waals surface area (Å²) in [6.45, 7) is 0.399. The molecule has 0 aliphatic carbocycles. The second-order valence-corrected chi connectivity index (χ2v) is 7.17. The molecule has 2 aromatic carbocycles. The normalized spacial score (nSPS) is 14.0. The molecule has 0 saturated heterocycles. The van der Waals surface area contributed by atoms with E-state index in [9.17, 15) is 9.59 Å². The maximum absolute atomic E-state index is 13.1. The van der Waals surface area contributed by atoms with Crippen molar-refractivity contribution in [1.82, 2.24) is 9.88 Å². The first kappa shape index (κ1) is 17.4. The van der Waals surface area contributed by atoms with Crippen molar-refractivity contribution in [3.8, 4) is 0 Å². The molecule has 1 aliphatic heterocycles. The number of hydrogen-bond acceptors (Lipinski definition) is 3. The monoisotopic (exact) mass is 421 g/mol. The Balaban J connectivity index is 1.67. The van der Waals surface area contributed by atoms with Gasteiger partial charge in [0.1, 0.15) is 11.9 Å². The summed E-state index contributed by atoms with van der Waals surface area (Å²) in [6.07, 6.45) is 1.62. The lowest BCUT2D eigenvalue weighted by molar-refractivity contribution is -0.120. The number of carbonyl (C=O) groups is 2. The van der Waals surface area contributed by atoms with Gasteiger partial charge in [0.2, 0.25) is 0 Å². The van der Waals surface area contributed by atoms with Crippen LogP contribution in [0.1, 0.15) is 27.5 Å². The number of pyridine rings is 1. The van der Waals surface area contributed by atoms with E-state index >= 15 is 0 Å². The van der Waals surface area contributed by atoms with Gasteiger partial charge in [0.15, 0.2) is 0 Å². The molecule has 0 saturated carbocycles. The minimum absolute atomic E-state index is 0.140. The van der Waals surface area contributed by atoms with E-state index in [1.807, 2.05) is 48.5 Å². The molecule has 1 aliphatic rings. The topological polar surface area (TPSA) is 62.3 Å². The number of benzene rings is 2. The Labute approximate surface area is 165 Å². The summed E-state index contributed by atoms with van der Waals surface area (Å²) in [5.74, 6) is 0.00355. The van der Waals surface area contributed by atoms with Gasteiger partial charge in [-0.15, -0.1) is 0 Å². The van der Waals surface area contributed by atoms with Gasteiger partial charge in [-0.25, -0.2) is 4.98 Å². The maximum atomic E-state index is 13.1. The van der Waals surface area contributed by atoms with Crippen LogP contribution in [0.15, 0.2) is 77.4 Å². The molecule has 134 valence electrons. The van der Waals surface area contributed by atoms with E-state index in [1.165, 1.54) is 0 Å². The minimum atomic E-state index is -0.739. The zero-order chi connectivity index (χ0) is 18.8. The van der Waals surface area contributed by atoms with Gasteiger partial charge in [-0.05, 0) is 45.3 Å². The molecule has 2 amide bonds. The summed E-state index contributed by atoms with van der Waals surface area (Å²) in [5.41, 5.74) is 2.33. The van der Waals surface area contributed by atoms with Gasteiger partial charge < -0.3 is 10.2 Å². The number of halogens is 1. The third-order valence-electron chi connectivity index (χ3n) is 4.50. The van der Waals surface area contributed by atoms with Crippen molar-refractivity contribution < 1.29 is 9.59 Å². The van der Waals surface area contributed by atoms with Crippen LogP contribution in [0.4, 0.5) is 5.82 Å². The van der Waals surface area contributed by atoms with Crippen molar-refractivity contribution in [2.24, 2.45) is 0 Å². The van der Waals surface area contributed by atoms with E-state index in [1.54, 1.807) is 29.3 Å². The van der Waals surface area contributed by atoms with Gasteiger partial charge in [0.05, 0.1) is 0 Å². The Morgan fingerprint density at radius 3 is 2.48 bits per heavy atom. The van der Waals surface area contributed by atoms with E-state index in [2.05, 4.69) is 26.2 Å². The Kier molecular flexibility index (Phi) is 4.73. The zero-order valence-electron chi connectivity index (χ0n) is 14.3. The number of fused-ring (bicyclic) bond motifs is 1.